The summed E-state index contributed by atoms with van der Waals surface area (Å²) < 4.78 is 0. The maximum Gasteiger partial charge on any atom is 0.267 e. The summed E-state index contributed by atoms with van der Waals surface area (Å²) in [5.41, 5.74) is 7.94. The monoisotopic (exact) mass is 450 g/mol. The first-order chi connectivity index (χ1) is 15.4. The van der Waals surface area contributed by atoms with Crippen LogP contribution in [0.3, 0.4) is 0 Å². The van der Waals surface area contributed by atoms with Crippen LogP contribution in [0.25, 0.3) is 0 Å². The molecule has 3 N–H and O–H groups in total. The molecule has 8 nitrogen and oxygen atoms in total. The number of carbonyl (C=O) groups excluding carboxylic acids is 4. The van der Waals surface area contributed by atoms with Gasteiger partial charge in [0, 0.05) is 42.3 Å². The quantitative estimate of drug-likeness (QED) is 0.541. The molecule has 1 fully saturated rings. The summed E-state index contributed by atoms with van der Waals surface area (Å²) in [4.78, 5) is 53.6. The van der Waals surface area contributed by atoms with Gasteiger partial charge in [-0.1, -0.05) is 29.5 Å². The molecule has 32 heavy (non-hydrogen) atoms. The highest BCUT2D eigenvalue weighted by Crippen LogP contribution is 2.32. The third-order valence-electron chi connectivity index (χ3n) is 5.53. The Morgan fingerprint density at radius 1 is 1.28 bits per heavy atom. The molecule has 4 amide bonds. The van der Waals surface area contributed by atoms with Crippen LogP contribution in [0.1, 0.15) is 56.8 Å². The highest BCUT2D eigenvalue weighted by molar-refractivity contribution is 6.32. The first-order valence-corrected chi connectivity index (χ1v) is 10.4. The first-order valence-electron chi connectivity index (χ1n) is 10.1. The average Bonchev–Trinajstić information content (AvgIpc) is 3.09. The number of imide groups is 1. The number of rotatable bonds is 4. The summed E-state index contributed by atoms with van der Waals surface area (Å²) in [6.07, 6.45) is 2.88. The van der Waals surface area contributed by atoms with E-state index in [4.69, 9.17) is 17.3 Å². The van der Waals surface area contributed by atoms with E-state index in [9.17, 15) is 19.2 Å². The van der Waals surface area contributed by atoms with E-state index in [1.807, 2.05) is 0 Å². The number of nitrogens with zero attached hydrogens (tertiary/aromatic N) is 2. The molecule has 4 rings (SSSR count). The summed E-state index contributed by atoms with van der Waals surface area (Å²) >= 11 is 6.37. The Morgan fingerprint density at radius 2 is 2.09 bits per heavy atom. The molecule has 162 valence electrons. The molecule has 9 heteroatoms. The Labute approximate surface area is 189 Å². The fraction of sp³-hybridized carbons (Fsp3) is 0.261. The molecule has 1 saturated heterocycles. The largest absolute Gasteiger partial charge is 0.364 e. The zero-order valence-corrected chi connectivity index (χ0v) is 17.7. The summed E-state index contributed by atoms with van der Waals surface area (Å²) in [5.74, 6) is 4.41. The Kier molecular flexibility index (Phi) is 5.93. The molecule has 0 aliphatic carbocycles. The molecule has 2 aliphatic heterocycles. The normalized spacial score (nSPS) is 17.5. The number of primary amides is 1. The highest BCUT2D eigenvalue weighted by Gasteiger charge is 2.40. The van der Waals surface area contributed by atoms with Crippen LogP contribution in [-0.4, -0.2) is 39.6 Å². The molecule has 1 aromatic carbocycles. The van der Waals surface area contributed by atoms with Crippen LogP contribution in [0.2, 0.25) is 5.02 Å². The van der Waals surface area contributed by atoms with Crippen molar-refractivity contribution in [1.29, 1.82) is 0 Å². The number of aromatic nitrogens is 1. The SMILES string of the molecule is NC(=O)c1ncccc1CCC#Cc1c(Cl)ccc2c1CN(C1CCC(=O)NC1=O)C2=O. The predicted molar refractivity (Wildman–Crippen MR) is 115 cm³/mol. The van der Waals surface area contributed by atoms with Gasteiger partial charge < -0.3 is 10.6 Å². The van der Waals surface area contributed by atoms with Crippen molar-refractivity contribution in [1.82, 2.24) is 15.2 Å². The van der Waals surface area contributed by atoms with E-state index in [0.29, 0.717) is 40.1 Å². The van der Waals surface area contributed by atoms with Gasteiger partial charge in [-0.25, -0.2) is 0 Å². The van der Waals surface area contributed by atoms with E-state index >= 15 is 0 Å². The summed E-state index contributed by atoms with van der Waals surface area (Å²) in [5, 5.41) is 2.70. The number of nitrogens with two attached hydrogens (primary N) is 1. The van der Waals surface area contributed by atoms with Gasteiger partial charge in [0.2, 0.25) is 11.8 Å². The molecule has 1 unspecified atom stereocenters. The van der Waals surface area contributed by atoms with Crippen LogP contribution >= 0.6 is 11.6 Å². The van der Waals surface area contributed by atoms with Crippen LogP contribution in [-0.2, 0) is 22.6 Å². The van der Waals surface area contributed by atoms with Crippen molar-refractivity contribution in [3.8, 4) is 11.8 Å². The second-order valence-corrected chi connectivity index (χ2v) is 7.93. The van der Waals surface area contributed by atoms with Crippen molar-refractivity contribution in [2.24, 2.45) is 5.73 Å². The van der Waals surface area contributed by atoms with E-state index in [2.05, 4.69) is 22.1 Å². The van der Waals surface area contributed by atoms with E-state index in [1.165, 1.54) is 11.1 Å². The number of fused-ring (bicyclic) bond motifs is 1. The molecule has 0 spiro atoms. The number of aryl methyl sites for hydroxylation is 1. The third kappa shape index (κ3) is 4.07. The lowest BCUT2D eigenvalue weighted by Crippen LogP contribution is -2.52. The minimum atomic E-state index is -0.704. The number of hydrogen-bond acceptors (Lipinski definition) is 5. The number of pyridine rings is 1. The van der Waals surface area contributed by atoms with Crippen molar-refractivity contribution in [3.05, 3.63) is 63.4 Å². The summed E-state index contributed by atoms with van der Waals surface area (Å²) in [7, 11) is 0. The van der Waals surface area contributed by atoms with Crippen LogP contribution in [0.15, 0.2) is 30.5 Å². The topological polar surface area (TPSA) is 122 Å². The summed E-state index contributed by atoms with van der Waals surface area (Å²) in [6.45, 7) is 0.194. The highest BCUT2D eigenvalue weighted by atomic mass is 35.5. The molecule has 0 saturated carbocycles. The van der Waals surface area contributed by atoms with Crippen molar-refractivity contribution in [2.75, 3.05) is 0 Å². The maximum atomic E-state index is 12.9. The molecule has 0 radical (unpaired) electrons. The van der Waals surface area contributed by atoms with E-state index in [1.54, 1.807) is 24.3 Å². The second-order valence-electron chi connectivity index (χ2n) is 7.53. The molecule has 0 bridgehead atoms. The molecule has 2 aromatic rings. The third-order valence-corrected chi connectivity index (χ3v) is 5.84. The van der Waals surface area contributed by atoms with E-state index in [-0.39, 0.29) is 36.9 Å². The molecular weight excluding hydrogens is 432 g/mol. The Bertz CT molecular complexity index is 1210. The van der Waals surface area contributed by atoms with Crippen LogP contribution in [0.4, 0.5) is 0 Å². The Morgan fingerprint density at radius 3 is 2.84 bits per heavy atom. The Hall–Kier alpha value is -3.70. The first kappa shape index (κ1) is 21.5. The lowest BCUT2D eigenvalue weighted by molar-refractivity contribution is -0.136. The predicted octanol–water partition coefficient (Wildman–Crippen LogP) is 1.58. The van der Waals surface area contributed by atoms with Gasteiger partial charge in [-0.2, -0.15) is 0 Å². The fourth-order valence-corrected chi connectivity index (χ4v) is 4.18. The smallest absolute Gasteiger partial charge is 0.267 e. The van der Waals surface area contributed by atoms with Crippen LogP contribution in [0, 0.1) is 11.8 Å². The number of halogens is 1. The fourth-order valence-electron chi connectivity index (χ4n) is 3.96. The van der Waals surface area contributed by atoms with Gasteiger partial charge in [-0.15, -0.1) is 0 Å². The van der Waals surface area contributed by atoms with Gasteiger partial charge in [0.1, 0.15) is 11.7 Å². The van der Waals surface area contributed by atoms with Crippen molar-refractivity contribution in [2.45, 2.75) is 38.3 Å². The number of carbonyl (C=O) groups is 4. The minimum absolute atomic E-state index is 0.186. The van der Waals surface area contributed by atoms with E-state index in [0.717, 1.165) is 0 Å². The van der Waals surface area contributed by atoms with Crippen molar-refractivity contribution >= 4 is 35.2 Å². The zero-order chi connectivity index (χ0) is 22.8. The minimum Gasteiger partial charge on any atom is -0.364 e. The van der Waals surface area contributed by atoms with Gasteiger partial charge in [-0.3, -0.25) is 29.5 Å². The standard InChI is InChI=1S/C23H19ClN4O4/c24-17-8-7-15-16(12-28(23(15)32)18-9-10-19(29)27-22(18)31)14(17)6-2-1-4-13-5-3-11-26-20(13)21(25)30/h3,5,7-8,11,18H,1,4,9-10,12H2,(H2,25,30)(H,27,29,31). The summed E-state index contributed by atoms with van der Waals surface area (Å²) in [6, 6.07) is 6.04. The van der Waals surface area contributed by atoms with Crippen molar-refractivity contribution in [3.63, 3.8) is 0 Å². The van der Waals surface area contributed by atoms with Crippen LogP contribution in [0.5, 0.6) is 0 Å². The number of amides is 4. The van der Waals surface area contributed by atoms with Gasteiger partial charge in [-0.05, 0) is 36.6 Å². The molecule has 1 atom stereocenters. The lowest BCUT2D eigenvalue weighted by atomic mass is 10.0. The van der Waals surface area contributed by atoms with Gasteiger partial charge in [0.15, 0.2) is 0 Å². The number of piperidine rings is 1. The number of benzene rings is 1. The van der Waals surface area contributed by atoms with Crippen molar-refractivity contribution < 1.29 is 19.2 Å². The second kappa shape index (κ2) is 8.81. The maximum absolute atomic E-state index is 12.9. The molecule has 2 aliphatic rings. The average molecular weight is 451 g/mol. The van der Waals surface area contributed by atoms with E-state index < -0.39 is 17.9 Å². The molecular formula is C23H19ClN4O4. The molecule has 3 heterocycles. The van der Waals surface area contributed by atoms with Gasteiger partial charge >= 0.3 is 0 Å². The number of nitrogens with one attached hydrogen (secondary N) is 1. The lowest BCUT2D eigenvalue weighted by Gasteiger charge is -2.29. The van der Waals surface area contributed by atoms with Crippen LogP contribution < -0.4 is 11.1 Å². The number of hydrogen-bond donors (Lipinski definition) is 2. The zero-order valence-electron chi connectivity index (χ0n) is 17.0. The van der Waals surface area contributed by atoms with Gasteiger partial charge in [0.25, 0.3) is 11.8 Å². The Balaban J connectivity index is 1.54. The molecule has 1 aromatic heterocycles. The van der Waals surface area contributed by atoms with Gasteiger partial charge in [0.05, 0.1) is 5.02 Å².